The third-order valence-electron chi connectivity index (χ3n) is 3.27. The SMILES string of the molecule is CCCCOCCOCCCNC1CCCC1. The Balaban J connectivity index is 1.69. The first-order chi connectivity index (χ1) is 8.43. The molecule has 0 aromatic heterocycles. The van der Waals surface area contributed by atoms with Crippen LogP contribution < -0.4 is 5.32 Å². The molecule has 1 saturated carbocycles. The molecule has 3 heteroatoms. The Morgan fingerprint density at radius 3 is 2.24 bits per heavy atom. The molecule has 102 valence electrons. The van der Waals surface area contributed by atoms with Crippen LogP contribution in [-0.4, -0.2) is 39.0 Å². The summed E-state index contributed by atoms with van der Waals surface area (Å²) in [5, 5.41) is 3.59. The van der Waals surface area contributed by atoms with Crippen LogP contribution in [0.25, 0.3) is 0 Å². The molecule has 17 heavy (non-hydrogen) atoms. The highest BCUT2D eigenvalue weighted by Crippen LogP contribution is 2.17. The van der Waals surface area contributed by atoms with E-state index in [9.17, 15) is 0 Å². The minimum absolute atomic E-state index is 0.743. The van der Waals surface area contributed by atoms with E-state index in [4.69, 9.17) is 9.47 Å². The lowest BCUT2D eigenvalue weighted by Crippen LogP contribution is -2.27. The Bertz CT molecular complexity index is 158. The molecule has 0 aromatic carbocycles. The third kappa shape index (κ3) is 8.58. The van der Waals surface area contributed by atoms with Gasteiger partial charge in [-0.1, -0.05) is 26.2 Å². The second-order valence-corrected chi connectivity index (χ2v) is 4.87. The smallest absolute Gasteiger partial charge is 0.0700 e. The zero-order chi connectivity index (χ0) is 12.2. The van der Waals surface area contributed by atoms with Crippen LogP contribution in [0.1, 0.15) is 51.9 Å². The standard InChI is InChI=1S/C14H29NO2/c1-2-3-10-16-12-13-17-11-6-9-15-14-7-4-5-8-14/h14-15H,2-13H2,1H3. The monoisotopic (exact) mass is 243 g/mol. The van der Waals surface area contributed by atoms with Gasteiger partial charge in [0.25, 0.3) is 0 Å². The molecule has 0 saturated heterocycles. The first kappa shape index (κ1) is 14.9. The molecule has 0 spiro atoms. The van der Waals surface area contributed by atoms with Crippen LogP contribution in [0.15, 0.2) is 0 Å². The minimum Gasteiger partial charge on any atom is -0.379 e. The van der Waals surface area contributed by atoms with Crippen LogP contribution in [0, 0.1) is 0 Å². The summed E-state index contributed by atoms with van der Waals surface area (Å²) in [6.07, 6.45) is 9.02. The molecular formula is C14H29NO2. The van der Waals surface area contributed by atoms with Gasteiger partial charge in [0.05, 0.1) is 13.2 Å². The molecule has 1 N–H and O–H groups in total. The summed E-state index contributed by atoms with van der Waals surface area (Å²) in [6.45, 7) is 6.50. The number of unbranched alkanes of at least 4 members (excludes halogenated alkanes) is 1. The first-order valence-corrected chi connectivity index (χ1v) is 7.32. The highest BCUT2D eigenvalue weighted by molar-refractivity contribution is 4.72. The maximum atomic E-state index is 5.51. The molecule has 0 amide bonds. The van der Waals surface area contributed by atoms with Gasteiger partial charge in [-0.05, 0) is 32.2 Å². The molecule has 0 atom stereocenters. The molecular weight excluding hydrogens is 214 g/mol. The van der Waals surface area contributed by atoms with Crippen molar-refractivity contribution < 1.29 is 9.47 Å². The van der Waals surface area contributed by atoms with E-state index in [2.05, 4.69) is 12.2 Å². The van der Waals surface area contributed by atoms with E-state index < -0.39 is 0 Å². The fourth-order valence-electron chi connectivity index (χ4n) is 2.18. The molecule has 1 rings (SSSR count). The quantitative estimate of drug-likeness (QED) is 0.566. The van der Waals surface area contributed by atoms with Crippen LogP contribution in [0.4, 0.5) is 0 Å². The number of hydrogen-bond acceptors (Lipinski definition) is 3. The van der Waals surface area contributed by atoms with E-state index in [0.717, 1.165) is 51.9 Å². The van der Waals surface area contributed by atoms with E-state index >= 15 is 0 Å². The van der Waals surface area contributed by atoms with Gasteiger partial charge in [-0.25, -0.2) is 0 Å². The molecule has 1 aliphatic carbocycles. The molecule has 1 fully saturated rings. The lowest BCUT2D eigenvalue weighted by atomic mass is 10.2. The maximum Gasteiger partial charge on any atom is 0.0700 e. The van der Waals surface area contributed by atoms with Crippen LogP contribution >= 0.6 is 0 Å². The summed E-state index contributed by atoms with van der Waals surface area (Å²) in [5.74, 6) is 0. The predicted octanol–water partition coefficient (Wildman–Crippen LogP) is 2.74. The summed E-state index contributed by atoms with van der Waals surface area (Å²) < 4.78 is 10.9. The van der Waals surface area contributed by atoms with Crippen molar-refractivity contribution in [3.05, 3.63) is 0 Å². The first-order valence-electron chi connectivity index (χ1n) is 7.32. The van der Waals surface area contributed by atoms with Crippen LogP contribution in [0.3, 0.4) is 0 Å². The van der Waals surface area contributed by atoms with Gasteiger partial charge in [-0.2, -0.15) is 0 Å². The molecule has 0 radical (unpaired) electrons. The summed E-state index contributed by atoms with van der Waals surface area (Å²) in [4.78, 5) is 0. The summed E-state index contributed by atoms with van der Waals surface area (Å²) in [5.41, 5.74) is 0. The summed E-state index contributed by atoms with van der Waals surface area (Å²) in [7, 11) is 0. The van der Waals surface area contributed by atoms with Crippen molar-refractivity contribution in [2.45, 2.75) is 57.9 Å². The average molecular weight is 243 g/mol. The lowest BCUT2D eigenvalue weighted by Gasteiger charge is -2.11. The van der Waals surface area contributed by atoms with Gasteiger partial charge < -0.3 is 14.8 Å². The molecule has 0 aromatic rings. The second-order valence-electron chi connectivity index (χ2n) is 4.87. The highest BCUT2D eigenvalue weighted by atomic mass is 16.5. The van der Waals surface area contributed by atoms with Crippen molar-refractivity contribution in [3.8, 4) is 0 Å². The Morgan fingerprint density at radius 2 is 1.59 bits per heavy atom. The van der Waals surface area contributed by atoms with Crippen molar-refractivity contribution in [1.82, 2.24) is 5.32 Å². The average Bonchev–Trinajstić information content (AvgIpc) is 2.85. The Morgan fingerprint density at radius 1 is 0.941 bits per heavy atom. The van der Waals surface area contributed by atoms with E-state index in [-0.39, 0.29) is 0 Å². The van der Waals surface area contributed by atoms with Crippen molar-refractivity contribution in [2.24, 2.45) is 0 Å². The van der Waals surface area contributed by atoms with Gasteiger partial charge in [-0.3, -0.25) is 0 Å². The second kappa shape index (κ2) is 11.0. The number of nitrogens with one attached hydrogen (secondary N) is 1. The van der Waals surface area contributed by atoms with Crippen LogP contribution in [-0.2, 0) is 9.47 Å². The van der Waals surface area contributed by atoms with E-state index in [1.54, 1.807) is 0 Å². The zero-order valence-electron chi connectivity index (χ0n) is 11.4. The van der Waals surface area contributed by atoms with E-state index in [1.165, 1.54) is 32.1 Å². The van der Waals surface area contributed by atoms with Gasteiger partial charge in [0.15, 0.2) is 0 Å². The topological polar surface area (TPSA) is 30.5 Å². The van der Waals surface area contributed by atoms with Gasteiger partial charge in [0.2, 0.25) is 0 Å². The fraction of sp³-hybridized carbons (Fsp3) is 1.00. The molecule has 3 nitrogen and oxygen atoms in total. The van der Waals surface area contributed by atoms with Crippen molar-refractivity contribution in [1.29, 1.82) is 0 Å². The van der Waals surface area contributed by atoms with E-state index in [0.29, 0.717) is 0 Å². The van der Waals surface area contributed by atoms with Gasteiger partial charge in [0, 0.05) is 19.3 Å². The van der Waals surface area contributed by atoms with Gasteiger partial charge >= 0.3 is 0 Å². The number of hydrogen-bond donors (Lipinski definition) is 1. The normalized spacial score (nSPS) is 16.8. The number of ether oxygens (including phenoxy) is 2. The largest absolute Gasteiger partial charge is 0.379 e. The third-order valence-corrected chi connectivity index (χ3v) is 3.27. The fourth-order valence-corrected chi connectivity index (χ4v) is 2.18. The summed E-state index contributed by atoms with van der Waals surface area (Å²) >= 11 is 0. The molecule has 0 unspecified atom stereocenters. The molecule has 0 heterocycles. The Labute approximate surface area is 106 Å². The van der Waals surface area contributed by atoms with Crippen molar-refractivity contribution in [2.75, 3.05) is 33.0 Å². The van der Waals surface area contributed by atoms with E-state index in [1.807, 2.05) is 0 Å². The van der Waals surface area contributed by atoms with Crippen LogP contribution in [0.2, 0.25) is 0 Å². The number of rotatable bonds is 11. The molecule has 0 bridgehead atoms. The summed E-state index contributed by atoms with van der Waals surface area (Å²) in [6, 6.07) is 0.785. The Kier molecular flexibility index (Phi) is 9.66. The molecule has 1 aliphatic rings. The Hall–Kier alpha value is -0.120. The zero-order valence-corrected chi connectivity index (χ0v) is 11.4. The van der Waals surface area contributed by atoms with Gasteiger partial charge in [-0.15, -0.1) is 0 Å². The van der Waals surface area contributed by atoms with Crippen molar-refractivity contribution in [3.63, 3.8) is 0 Å². The molecule has 0 aliphatic heterocycles. The maximum absolute atomic E-state index is 5.51. The van der Waals surface area contributed by atoms with Gasteiger partial charge in [0.1, 0.15) is 0 Å². The highest BCUT2D eigenvalue weighted by Gasteiger charge is 2.12. The predicted molar refractivity (Wildman–Crippen MR) is 71.4 cm³/mol. The van der Waals surface area contributed by atoms with Crippen molar-refractivity contribution >= 4 is 0 Å². The minimum atomic E-state index is 0.743. The lowest BCUT2D eigenvalue weighted by molar-refractivity contribution is 0.0458. The van der Waals surface area contributed by atoms with Crippen LogP contribution in [0.5, 0.6) is 0 Å².